The highest BCUT2D eigenvalue weighted by molar-refractivity contribution is 6.05. The van der Waals surface area contributed by atoms with Gasteiger partial charge >= 0.3 is 12.2 Å². The van der Waals surface area contributed by atoms with Gasteiger partial charge in [-0.3, -0.25) is 9.59 Å². The maximum absolute atomic E-state index is 13.7. The number of alkyl carbamates (subject to hydrolysis) is 2. The summed E-state index contributed by atoms with van der Waals surface area (Å²) in [6.45, 7) is 8.18. The molecule has 3 heterocycles. The molecular formula is C43H52N8O6. The topological polar surface area (TPSA) is 183 Å². The third-order valence-electron chi connectivity index (χ3n) is 11.5. The molecule has 1 saturated heterocycles. The summed E-state index contributed by atoms with van der Waals surface area (Å²) < 4.78 is 9.51. The van der Waals surface area contributed by atoms with Gasteiger partial charge in [0.15, 0.2) is 0 Å². The quantitative estimate of drug-likeness (QED) is 0.0955. The molecule has 5 N–H and O–H groups in total. The van der Waals surface area contributed by atoms with Crippen LogP contribution in [0.4, 0.5) is 9.59 Å². The summed E-state index contributed by atoms with van der Waals surface area (Å²) in [4.78, 5) is 69.3. The lowest BCUT2D eigenvalue weighted by Gasteiger charge is -2.29. The Labute approximate surface area is 331 Å². The number of H-pyrrole nitrogens is 2. The van der Waals surface area contributed by atoms with Crippen molar-refractivity contribution < 1.29 is 28.7 Å². The Morgan fingerprint density at radius 1 is 0.772 bits per heavy atom. The molecule has 0 unspecified atom stereocenters. The van der Waals surface area contributed by atoms with E-state index in [9.17, 15) is 19.2 Å². The molecule has 4 amide bonds. The van der Waals surface area contributed by atoms with Crippen molar-refractivity contribution in [2.45, 2.75) is 89.9 Å². The lowest BCUT2D eigenvalue weighted by Crippen LogP contribution is -2.52. The number of aromatic amines is 2. The average molecular weight is 777 g/mol. The number of aromatic nitrogens is 4. The van der Waals surface area contributed by atoms with Gasteiger partial charge in [0, 0.05) is 23.9 Å². The molecule has 300 valence electrons. The zero-order valence-corrected chi connectivity index (χ0v) is 33.3. The monoisotopic (exact) mass is 776 g/mol. The van der Waals surface area contributed by atoms with Crippen molar-refractivity contribution in [2.24, 2.45) is 11.8 Å². The fourth-order valence-corrected chi connectivity index (χ4v) is 8.32. The largest absolute Gasteiger partial charge is 0.453 e. The zero-order valence-electron chi connectivity index (χ0n) is 33.3. The second-order valence-corrected chi connectivity index (χ2v) is 15.8. The van der Waals surface area contributed by atoms with Crippen LogP contribution < -0.4 is 16.0 Å². The standard InChI is InChI=1S/C43H52N8O6/c1-23(2)35(49-42(54)56-5)40(52)47-31-10-7-9-30(31)38-44-22-33(46-38)26-14-12-25(13-15-26)27-16-18-29-28(21-27)17-19-32-37(29)48-39(45-32)34-11-8-20-51(34)41(53)36(24(3)4)50-43(55)57-6/h12-19,21-24,30-31,34-36H,7-11,20H2,1-6H3,(H,44,46)(H,45,48)(H,47,52)(H,49,54)(H,50,55)/t30-,31+,34+,35+,36+/m1/s1. The summed E-state index contributed by atoms with van der Waals surface area (Å²) in [6, 6.07) is 17.2. The maximum atomic E-state index is 13.7. The SMILES string of the molecule is COC(=O)N[C@H](C(=O)N[C@H]1CCC[C@H]1c1ncc(-c2ccc(-c3ccc4c(ccc5[nH]c([C@@H]6CCCN6C(=O)[C@@H](NC(=O)OC)C(C)C)nc54)c3)cc2)[nH]1)C(C)C. The molecule has 14 heteroatoms. The van der Waals surface area contributed by atoms with Crippen LogP contribution in [-0.2, 0) is 19.1 Å². The van der Waals surface area contributed by atoms with Crippen LogP contribution in [0.25, 0.3) is 44.2 Å². The van der Waals surface area contributed by atoms with Gasteiger partial charge in [0.2, 0.25) is 11.8 Å². The molecule has 1 aliphatic carbocycles. The number of rotatable bonds is 11. The number of amides is 4. The molecule has 14 nitrogen and oxygen atoms in total. The second-order valence-electron chi connectivity index (χ2n) is 15.8. The molecule has 1 aliphatic heterocycles. The summed E-state index contributed by atoms with van der Waals surface area (Å²) in [5.74, 6) is 1.04. The van der Waals surface area contributed by atoms with Gasteiger partial charge in [-0.2, -0.15) is 0 Å². The number of fused-ring (bicyclic) bond motifs is 3. The predicted octanol–water partition coefficient (Wildman–Crippen LogP) is 6.95. The first-order valence-corrected chi connectivity index (χ1v) is 19.8. The van der Waals surface area contributed by atoms with E-state index in [0.29, 0.717) is 6.54 Å². The molecule has 0 bridgehead atoms. The van der Waals surface area contributed by atoms with E-state index in [-0.39, 0.29) is 41.7 Å². The van der Waals surface area contributed by atoms with Gasteiger partial charge in [-0.15, -0.1) is 0 Å². The molecule has 2 aliphatic rings. The molecule has 0 spiro atoms. The van der Waals surface area contributed by atoms with Crippen molar-refractivity contribution in [1.82, 2.24) is 40.8 Å². The van der Waals surface area contributed by atoms with Gasteiger partial charge in [-0.25, -0.2) is 19.6 Å². The third kappa shape index (κ3) is 8.16. The molecule has 5 atom stereocenters. The van der Waals surface area contributed by atoms with Crippen LogP contribution in [-0.4, -0.2) is 87.7 Å². The number of imidazole rings is 2. The van der Waals surface area contributed by atoms with E-state index in [1.807, 2.05) is 44.9 Å². The smallest absolute Gasteiger partial charge is 0.407 e. The van der Waals surface area contributed by atoms with Crippen molar-refractivity contribution in [1.29, 1.82) is 0 Å². The Hall–Kier alpha value is -5.92. The summed E-state index contributed by atoms with van der Waals surface area (Å²) in [7, 11) is 2.58. The number of carbonyl (C=O) groups excluding carboxylic acids is 4. The predicted molar refractivity (Wildman–Crippen MR) is 217 cm³/mol. The van der Waals surface area contributed by atoms with Gasteiger partial charge in [-0.05, 0) is 71.7 Å². The number of hydrogen-bond acceptors (Lipinski definition) is 8. The fourth-order valence-electron chi connectivity index (χ4n) is 8.32. The molecule has 2 aromatic heterocycles. The van der Waals surface area contributed by atoms with Crippen molar-refractivity contribution in [3.05, 3.63) is 72.4 Å². The molecule has 5 aromatic rings. The molecule has 2 fully saturated rings. The lowest BCUT2D eigenvalue weighted by atomic mass is 9.99. The van der Waals surface area contributed by atoms with Crippen LogP contribution >= 0.6 is 0 Å². The number of nitrogens with one attached hydrogen (secondary N) is 5. The fraction of sp³-hybridized carbons (Fsp3) is 0.442. The molecule has 7 rings (SSSR count). The Balaban J connectivity index is 1.05. The molecule has 3 aromatic carbocycles. The lowest BCUT2D eigenvalue weighted by molar-refractivity contribution is -0.135. The van der Waals surface area contributed by atoms with Crippen molar-refractivity contribution in [2.75, 3.05) is 20.8 Å². The summed E-state index contributed by atoms with van der Waals surface area (Å²) in [6.07, 6.45) is 4.92. The van der Waals surface area contributed by atoms with Gasteiger partial charge < -0.3 is 40.3 Å². The van der Waals surface area contributed by atoms with Crippen LogP contribution in [0.2, 0.25) is 0 Å². The average Bonchev–Trinajstić information content (AvgIpc) is 4.05. The molecule has 1 saturated carbocycles. The van der Waals surface area contributed by atoms with Gasteiger partial charge in [0.25, 0.3) is 0 Å². The Morgan fingerprint density at radius 2 is 1.46 bits per heavy atom. The number of likely N-dealkylation sites (tertiary alicyclic amines) is 1. The molecular weight excluding hydrogens is 725 g/mol. The second kappa shape index (κ2) is 16.7. The number of hydrogen-bond donors (Lipinski definition) is 5. The molecule has 57 heavy (non-hydrogen) atoms. The number of carbonyl (C=O) groups is 4. The molecule has 0 radical (unpaired) electrons. The highest BCUT2D eigenvalue weighted by Gasteiger charge is 2.38. The number of nitrogens with zero attached hydrogens (tertiary/aromatic N) is 3. The minimum absolute atomic E-state index is 0.0368. The third-order valence-corrected chi connectivity index (χ3v) is 11.5. The Morgan fingerprint density at radius 3 is 2.16 bits per heavy atom. The number of benzene rings is 3. The van der Waals surface area contributed by atoms with E-state index in [1.54, 1.807) is 0 Å². The number of ether oxygens (including phenoxy) is 2. The first-order valence-electron chi connectivity index (χ1n) is 19.8. The van der Waals surface area contributed by atoms with E-state index >= 15 is 0 Å². The van der Waals surface area contributed by atoms with E-state index in [2.05, 4.69) is 74.4 Å². The minimum Gasteiger partial charge on any atom is -0.453 e. The van der Waals surface area contributed by atoms with Crippen LogP contribution in [0.1, 0.15) is 83.4 Å². The van der Waals surface area contributed by atoms with Crippen molar-refractivity contribution in [3.63, 3.8) is 0 Å². The van der Waals surface area contributed by atoms with Crippen LogP contribution in [0.5, 0.6) is 0 Å². The van der Waals surface area contributed by atoms with Crippen LogP contribution in [0.15, 0.2) is 60.8 Å². The van der Waals surface area contributed by atoms with Gasteiger partial charge in [0.05, 0.1) is 43.2 Å². The highest BCUT2D eigenvalue weighted by atomic mass is 16.5. The summed E-state index contributed by atoms with van der Waals surface area (Å²) in [5.41, 5.74) is 5.81. The first-order chi connectivity index (χ1) is 27.4. The Bertz CT molecular complexity index is 2260. The zero-order chi connectivity index (χ0) is 40.4. The van der Waals surface area contributed by atoms with Crippen molar-refractivity contribution >= 4 is 45.8 Å². The van der Waals surface area contributed by atoms with E-state index in [0.717, 1.165) is 87.9 Å². The number of methoxy groups -OCH3 is 2. The van der Waals surface area contributed by atoms with E-state index < -0.39 is 24.3 Å². The normalized spacial score (nSPS) is 19.2. The maximum Gasteiger partial charge on any atom is 0.407 e. The highest BCUT2D eigenvalue weighted by Crippen LogP contribution is 2.37. The summed E-state index contributed by atoms with van der Waals surface area (Å²) in [5, 5.41) is 10.6. The van der Waals surface area contributed by atoms with Crippen LogP contribution in [0, 0.1) is 11.8 Å². The van der Waals surface area contributed by atoms with Gasteiger partial charge in [0.1, 0.15) is 23.7 Å². The Kier molecular flexibility index (Phi) is 11.5. The first kappa shape index (κ1) is 39.3. The van der Waals surface area contributed by atoms with Gasteiger partial charge in [-0.1, -0.05) is 76.6 Å². The van der Waals surface area contributed by atoms with Crippen molar-refractivity contribution in [3.8, 4) is 22.4 Å². The minimum atomic E-state index is -0.694. The van der Waals surface area contributed by atoms with Crippen LogP contribution in [0.3, 0.4) is 0 Å². The van der Waals surface area contributed by atoms with E-state index in [1.165, 1.54) is 14.2 Å². The van der Waals surface area contributed by atoms with E-state index in [4.69, 9.17) is 19.4 Å². The summed E-state index contributed by atoms with van der Waals surface area (Å²) >= 11 is 0.